The van der Waals surface area contributed by atoms with Crippen molar-refractivity contribution in [3.63, 3.8) is 0 Å². The number of carbonyl (C=O) groups excluding carboxylic acids is 1. The van der Waals surface area contributed by atoms with Crippen molar-refractivity contribution in [2.24, 2.45) is 4.99 Å². The van der Waals surface area contributed by atoms with Crippen LogP contribution in [0.2, 0.25) is 0 Å². The Balaban J connectivity index is 1.34. The predicted molar refractivity (Wildman–Crippen MR) is 101 cm³/mol. The van der Waals surface area contributed by atoms with Crippen molar-refractivity contribution in [1.29, 1.82) is 0 Å². The van der Waals surface area contributed by atoms with E-state index in [0.717, 1.165) is 32.2 Å². The van der Waals surface area contributed by atoms with E-state index in [-0.39, 0.29) is 10.8 Å². The summed E-state index contributed by atoms with van der Waals surface area (Å²) in [5.41, 5.74) is 0.632. The molecule has 3 rings (SSSR count). The molecule has 0 aliphatic carbocycles. The molecule has 7 nitrogen and oxygen atoms in total. The Labute approximate surface area is 154 Å². The number of sulfonamides is 1. The van der Waals surface area contributed by atoms with Gasteiger partial charge in [0.2, 0.25) is 5.91 Å². The molecule has 1 atom stereocenters. The Morgan fingerprint density at radius 3 is 2.88 bits per heavy atom. The molecular weight excluding hydrogens is 352 g/mol. The topological polar surface area (TPSA) is 99.7 Å². The van der Waals surface area contributed by atoms with Crippen LogP contribution >= 0.6 is 0 Å². The van der Waals surface area contributed by atoms with Crippen LogP contribution in [-0.2, 0) is 14.8 Å². The van der Waals surface area contributed by atoms with Crippen molar-refractivity contribution >= 4 is 21.8 Å². The van der Waals surface area contributed by atoms with Gasteiger partial charge in [0.15, 0.2) is 0 Å². The van der Waals surface area contributed by atoms with E-state index in [0.29, 0.717) is 37.0 Å². The first-order valence-electron chi connectivity index (χ1n) is 9.23. The van der Waals surface area contributed by atoms with Gasteiger partial charge in [-0.3, -0.25) is 14.5 Å². The van der Waals surface area contributed by atoms with Crippen LogP contribution < -0.4 is 15.4 Å². The first-order valence-corrected chi connectivity index (χ1v) is 10.7. The molecule has 0 spiro atoms. The standard InChI is InChI=1S/C18H26N4O3S/c23-17(21-13-14-7-6-12-19-14)10-2-1-5-11-20-18-15-8-3-4-9-16(15)26(24,25)22-18/h3-4,8-9,14,19H,1-2,5-7,10-13H2,(H,20,22)(H,21,23). The van der Waals surface area contributed by atoms with Gasteiger partial charge in [-0.1, -0.05) is 18.6 Å². The molecule has 1 saturated heterocycles. The number of carbonyl (C=O) groups is 1. The Morgan fingerprint density at radius 2 is 2.08 bits per heavy atom. The highest BCUT2D eigenvalue weighted by Gasteiger charge is 2.29. The molecule has 1 aromatic rings. The molecule has 0 aromatic heterocycles. The van der Waals surface area contributed by atoms with E-state index in [1.54, 1.807) is 24.3 Å². The number of hydrogen-bond acceptors (Lipinski definition) is 5. The molecular formula is C18H26N4O3S. The van der Waals surface area contributed by atoms with Crippen LogP contribution in [-0.4, -0.2) is 45.8 Å². The Kier molecular flexibility index (Phi) is 6.26. The molecule has 2 heterocycles. The van der Waals surface area contributed by atoms with Crippen molar-refractivity contribution in [1.82, 2.24) is 15.4 Å². The summed E-state index contributed by atoms with van der Waals surface area (Å²) in [6.07, 6.45) is 5.37. The highest BCUT2D eigenvalue weighted by atomic mass is 32.2. The van der Waals surface area contributed by atoms with E-state index in [9.17, 15) is 13.2 Å². The summed E-state index contributed by atoms with van der Waals surface area (Å²) in [5, 5.41) is 6.33. The van der Waals surface area contributed by atoms with Gasteiger partial charge < -0.3 is 10.6 Å². The molecule has 2 aliphatic rings. The lowest BCUT2D eigenvalue weighted by atomic mass is 10.1. The van der Waals surface area contributed by atoms with Gasteiger partial charge in [0.05, 0.1) is 4.90 Å². The minimum atomic E-state index is -3.47. The zero-order valence-corrected chi connectivity index (χ0v) is 15.6. The van der Waals surface area contributed by atoms with E-state index in [1.807, 2.05) is 0 Å². The maximum absolute atomic E-state index is 12.0. The number of nitrogens with one attached hydrogen (secondary N) is 3. The molecule has 26 heavy (non-hydrogen) atoms. The number of fused-ring (bicyclic) bond motifs is 1. The quantitative estimate of drug-likeness (QED) is 0.591. The Morgan fingerprint density at radius 1 is 1.23 bits per heavy atom. The molecule has 2 aliphatic heterocycles. The highest BCUT2D eigenvalue weighted by Crippen LogP contribution is 2.22. The smallest absolute Gasteiger partial charge is 0.263 e. The lowest BCUT2D eigenvalue weighted by Crippen LogP contribution is -2.37. The van der Waals surface area contributed by atoms with Crippen LogP contribution in [0.3, 0.4) is 0 Å². The normalized spacial score (nSPS) is 22.2. The van der Waals surface area contributed by atoms with Crippen molar-refractivity contribution in [3.8, 4) is 0 Å². The van der Waals surface area contributed by atoms with Gasteiger partial charge >= 0.3 is 0 Å². The number of rotatable bonds is 8. The maximum Gasteiger partial charge on any atom is 0.263 e. The number of aliphatic imine (C=N–C) groups is 1. The summed E-state index contributed by atoms with van der Waals surface area (Å²) in [7, 11) is -3.47. The van der Waals surface area contributed by atoms with Crippen LogP contribution in [0.25, 0.3) is 0 Å². The number of amides is 1. The zero-order chi connectivity index (χ0) is 18.4. The van der Waals surface area contributed by atoms with Crippen LogP contribution in [0.1, 0.15) is 44.1 Å². The molecule has 0 radical (unpaired) electrons. The highest BCUT2D eigenvalue weighted by molar-refractivity contribution is 7.90. The van der Waals surface area contributed by atoms with Gasteiger partial charge in [0, 0.05) is 31.1 Å². The lowest BCUT2D eigenvalue weighted by molar-refractivity contribution is -0.121. The van der Waals surface area contributed by atoms with Gasteiger partial charge in [-0.2, -0.15) is 0 Å². The fourth-order valence-corrected chi connectivity index (χ4v) is 4.52. The van der Waals surface area contributed by atoms with Gasteiger partial charge in [-0.25, -0.2) is 8.42 Å². The van der Waals surface area contributed by atoms with Gasteiger partial charge in [-0.15, -0.1) is 0 Å². The largest absolute Gasteiger partial charge is 0.355 e. The summed E-state index contributed by atoms with van der Waals surface area (Å²) in [6.45, 7) is 2.30. The second-order valence-electron chi connectivity index (χ2n) is 6.74. The first-order chi connectivity index (χ1) is 12.6. The summed E-state index contributed by atoms with van der Waals surface area (Å²) >= 11 is 0. The number of nitrogens with zero attached hydrogens (tertiary/aromatic N) is 1. The average molecular weight is 378 g/mol. The summed E-state index contributed by atoms with van der Waals surface area (Å²) in [5.74, 6) is 0.518. The van der Waals surface area contributed by atoms with Crippen LogP contribution in [0, 0.1) is 0 Å². The van der Waals surface area contributed by atoms with Crippen LogP contribution in [0.5, 0.6) is 0 Å². The molecule has 0 saturated carbocycles. The number of unbranched alkanes of at least 4 members (excludes halogenated alkanes) is 2. The second kappa shape index (κ2) is 8.64. The van der Waals surface area contributed by atoms with Gasteiger partial charge in [-0.05, 0) is 44.4 Å². The molecule has 1 unspecified atom stereocenters. The molecule has 142 valence electrons. The third-order valence-corrected chi connectivity index (χ3v) is 6.10. The monoisotopic (exact) mass is 378 g/mol. The molecule has 0 bridgehead atoms. The summed E-state index contributed by atoms with van der Waals surface area (Å²) in [6, 6.07) is 7.27. The fraction of sp³-hybridized carbons (Fsp3) is 0.556. The molecule has 8 heteroatoms. The van der Waals surface area contributed by atoms with E-state index in [1.165, 1.54) is 6.42 Å². The maximum atomic E-state index is 12.0. The molecule has 3 N–H and O–H groups in total. The van der Waals surface area contributed by atoms with Crippen LogP contribution in [0.15, 0.2) is 34.2 Å². The average Bonchev–Trinajstić information content (AvgIpc) is 3.23. The zero-order valence-electron chi connectivity index (χ0n) is 14.8. The van der Waals surface area contributed by atoms with Crippen LogP contribution in [0.4, 0.5) is 0 Å². The summed E-state index contributed by atoms with van der Waals surface area (Å²) < 4.78 is 26.5. The van der Waals surface area contributed by atoms with E-state index in [4.69, 9.17) is 0 Å². The second-order valence-corrected chi connectivity index (χ2v) is 8.39. The molecule has 1 fully saturated rings. The van der Waals surface area contributed by atoms with E-state index in [2.05, 4.69) is 20.3 Å². The van der Waals surface area contributed by atoms with Gasteiger partial charge in [0.1, 0.15) is 5.84 Å². The van der Waals surface area contributed by atoms with Crippen molar-refractivity contribution < 1.29 is 13.2 Å². The first kappa shape index (κ1) is 18.8. The SMILES string of the molecule is O=C(CCCCCN=C1NS(=O)(=O)c2ccccc21)NCC1CCCN1. The summed E-state index contributed by atoms with van der Waals surface area (Å²) in [4.78, 5) is 16.5. The number of benzene rings is 1. The van der Waals surface area contributed by atoms with Crippen molar-refractivity contribution in [3.05, 3.63) is 29.8 Å². The van der Waals surface area contributed by atoms with E-state index >= 15 is 0 Å². The van der Waals surface area contributed by atoms with Gasteiger partial charge in [0.25, 0.3) is 10.0 Å². The third-order valence-electron chi connectivity index (χ3n) is 4.70. The third kappa shape index (κ3) is 4.82. The van der Waals surface area contributed by atoms with E-state index < -0.39 is 10.0 Å². The Bertz CT molecular complexity index is 770. The van der Waals surface area contributed by atoms with Crippen molar-refractivity contribution in [2.75, 3.05) is 19.6 Å². The van der Waals surface area contributed by atoms with Crippen molar-refractivity contribution in [2.45, 2.75) is 49.5 Å². The Hall–Kier alpha value is -1.93. The molecule has 1 amide bonds. The lowest BCUT2D eigenvalue weighted by Gasteiger charge is -2.11. The minimum absolute atomic E-state index is 0.0995. The fourth-order valence-electron chi connectivity index (χ4n) is 3.27. The minimum Gasteiger partial charge on any atom is -0.355 e. The predicted octanol–water partition coefficient (Wildman–Crippen LogP) is 1.15. The number of amidine groups is 1. The molecule has 1 aromatic carbocycles. The number of hydrogen-bond donors (Lipinski definition) is 3.